The van der Waals surface area contributed by atoms with E-state index in [9.17, 15) is 4.79 Å². The molecular weight excluding hydrogens is 394 g/mol. The number of aryl methyl sites for hydroxylation is 1. The van der Waals surface area contributed by atoms with Crippen LogP contribution in [-0.4, -0.2) is 38.9 Å². The lowest BCUT2D eigenvalue weighted by Crippen LogP contribution is -2.14. The van der Waals surface area contributed by atoms with Crippen molar-refractivity contribution in [2.75, 3.05) is 18.5 Å². The lowest BCUT2D eigenvalue weighted by molar-refractivity contribution is -0.114. The minimum atomic E-state index is -0.175. The molecule has 8 heteroatoms. The second-order valence-electron chi connectivity index (χ2n) is 7.85. The minimum Gasteiger partial charge on any atom is -0.381 e. The molecule has 158 valence electrons. The maximum atomic E-state index is 11.4. The van der Waals surface area contributed by atoms with Crippen molar-refractivity contribution in [3.63, 3.8) is 0 Å². The van der Waals surface area contributed by atoms with E-state index in [0.29, 0.717) is 24.7 Å². The van der Waals surface area contributed by atoms with Gasteiger partial charge in [0.25, 0.3) is 0 Å². The summed E-state index contributed by atoms with van der Waals surface area (Å²) in [4.78, 5) is 15.8. The van der Waals surface area contributed by atoms with Gasteiger partial charge >= 0.3 is 0 Å². The Morgan fingerprint density at radius 2 is 1.90 bits per heavy atom. The van der Waals surface area contributed by atoms with Crippen LogP contribution in [0.1, 0.15) is 37.0 Å². The summed E-state index contributed by atoms with van der Waals surface area (Å²) in [5, 5.41) is 11.9. The molecule has 0 spiro atoms. The Bertz CT molecular complexity index is 1240. The second kappa shape index (κ2) is 7.96. The molecule has 4 heterocycles. The number of anilines is 1. The quantitative estimate of drug-likeness (QED) is 0.534. The van der Waals surface area contributed by atoms with E-state index in [1.54, 1.807) is 10.7 Å². The van der Waals surface area contributed by atoms with Gasteiger partial charge in [0.15, 0.2) is 11.5 Å². The molecule has 1 saturated heterocycles. The van der Waals surface area contributed by atoms with Crippen molar-refractivity contribution < 1.29 is 14.1 Å². The third kappa shape index (κ3) is 3.82. The molecule has 3 aromatic heterocycles. The van der Waals surface area contributed by atoms with E-state index in [4.69, 9.17) is 14.4 Å². The molecule has 31 heavy (non-hydrogen) atoms. The van der Waals surface area contributed by atoms with E-state index in [1.165, 1.54) is 12.5 Å². The molecule has 1 N–H and O–H groups in total. The molecule has 1 aromatic carbocycles. The fourth-order valence-corrected chi connectivity index (χ4v) is 3.95. The number of hydrogen-bond acceptors (Lipinski definition) is 6. The van der Waals surface area contributed by atoms with Gasteiger partial charge in [-0.2, -0.15) is 5.10 Å². The number of hydrogen-bond donors (Lipinski definition) is 1. The van der Waals surface area contributed by atoms with Gasteiger partial charge in [-0.05, 0) is 31.9 Å². The van der Waals surface area contributed by atoms with Crippen molar-refractivity contribution in [1.29, 1.82) is 0 Å². The predicted octanol–water partition coefficient (Wildman–Crippen LogP) is 4.21. The largest absolute Gasteiger partial charge is 0.381 e. The summed E-state index contributed by atoms with van der Waals surface area (Å²) in [5.41, 5.74) is 5.23. The number of nitrogens with zero attached hydrogens (tertiary/aromatic N) is 4. The summed E-state index contributed by atoms with van der Waals surface area (Å²) in [5.74, 6) is 1.36. The first-order valence-corrected chi connectivity index (χ1v) is 10.4. The van der Waals surface area contributed by atoms with E-state index >= 15 is 0 Å². The van der Waals surface area contributed by atoms with Gasteiger partial charge in [0.2, 0.25) is 5.91 Å². The van der Waals surface area contributed by atoms with Crippen LogP contribution in [0.15, 0.2) is 47.1 Å². The van der Waals surface area contributed by atoms with Gasteiger partial charge in [-0.1, -0.05) is 35.0 Å². The number of ether oxygens (including phenoxy) is 1. The van der Waals surface area contributed by atoms with Crippen LogP contribution in [0.3, 0.4) is 0 Å². The molecule has 1 amide bonds. The Morgan fingerprint density at radius 3 is 2.65 bits per heavy atom. The number of carbonyl (C=O) groups is 1. The maximum Gasteiger partial charge on any atom is 0.222 e. The Labute approximate surface area is 179 Å². The molecule has 1 aliphatic rings. The number of carbonyl (C=O) groups excluding carboxylic acids is 1. The summed E-state index contributed by atoms with van der Waals surface area (Å²) < 4.78 is 13.1. The summed E-state index contributed by atoms with van der Waals surface area (Å²) in [6.45, 7) is 4.92. The third-order valence-electron chi connectivity index (χ3n) is 5.52. The summed E-state index contributed by atoms with van der Waals surface area (Å²) in [7, 11) is 0. The van der Waals surface area contributed by atoms with Gasteiger partial charge in [-0.3, -0.25) is 4.79 Å². The molecule has 8 nitrogen and oxygen atoms in total. The molecule has 0 unspecified atom stereocenters. The SMILES string of the molecule is CC(=O)Nc1cn2nc(-c3c(-c4ccc(C)cc4)noc3C3CCOCC3)ccc2n1. The Balaban J connectivity index is 1.64. The highest BCUT2D eigenvalue weighted by Crippen LogP contribution is 2.40. The van der Waals surface area contributed by atoms with Crippen LogP contribution >= 0.6 is 0 Å². The molecule has 5 rings (SSSR count). The zero-order valence-electron chi connectivity index (χ0n) is 17.5. The van der Waals surface area contributed by atoms with Crippen LogP contribution in [0.4, 0.5) is 5.82 Å². The lowest BCUT2D eigenvalue weighted by atomic mass is 9.91. The van der Waals surface area contributed by atoms with Gasteiger partial charge in [0.1, 0.15) is 11.5 Å². The first kappa shape index (κ1) is 19.4. The molecule has 1 aliphatic heterocycles. The zero-order valence-corrected chi connectivity index (χ0v) is 17.5. The van der Waals surface area contributed by atoms with Crippen molar-refractivity contribution in [2.24, 2.45) is 0 Å². The van der Waals surface area contributed by atoms with Gasteiger partial charge in [0, 0.05) is 31.6 Å². The van der Waals surface area contributed by atoms with E-state index in [1.807, 2.05) is 12.1 Å². The highest BCUT2D eigenvalue weighted by atomic mass is 16.5. The average molecular weight is 417 g/mol. The van der Waals surface area contributed by atoms with Crippen molar-refractivity contribution >= 4 is 17.4 Å². The van der Waals surface area contributed by atoms with Crippen molar-refractivity contribution in [2.45, 2.75) is 32.6 Å². The van der Waals surface area contributed by atoms with Crippen LogP contribution < -0.4 is 5.32 Å². The molecule has 0 aliphatic carbocycles. The Morgan fingerprint density at radius 1 is 1.13 bits per heavy atom. The number of aromatic nitrogens is 4. The van der Waals surface area contributed by atoms with Crippen molar-refractivity contribution in [1.82, 2.24) is 19.8 Å². The molecular formula is C23H23N5O3. The number of nitrogens with one attached hydrogen (secondary N) is 1. The number of imidazole rings is 1. The van der Waals surface area contributed by atoms with Gasteiger partial charge in [0.05, 0.1) is 17.5 Å². The van der Waals surface area contributed by atoms with Crippen LogP contribution in [0.25, 0.3) is 28.2 Å². The van der Waals surface area contributed by atoms with Gasteiger partial charge < -0.3 is 14.6 Å². The molecule has 0 atom stereocenters. The smallest absolute Gasteiger partial charge is 0.222 e. The minimum absolute atomic E-state index is 0.175. The number of benzene rings is 1. The van der Waals surface area contributed by atoms with E-state index in [-0.39, 0.29) is 11.8 Å². The Hall–Kier alpha value is -3.52. The lowest BCUT2D eigenvalue weighted by Gasteiger charge is -2.20. The molecule has 0 radical (unpaired) electrons. The third-order valence-corrected chi connectivity index (χ3v) is 5.52. The summed E-state index contributed by atoms with van der Waals surface area (Å²) >= 11 is 0. The standard InChI is InChI=1S/C23H23N5O3/c1-14-3-5-16(6-4-14)22-21(23(31-27-22)17-9-11-30-12-10-17)18-7-8-20-25-19(24-15(2)29)13-28(20)26-18/h3-8,13,17H,9-12H2,1-2H3,(H,24,29). The van der Waals surface area contributed by atoms with Crippen LogP contribution in [0.2, 0.25) is 0 Å². The normalized spacial score (nSPS) is 14.8. The topological polar surface area (TPSA) is 94.6 Å². The Kier molecular flexibility index (Phi) is 4.99. The van der Waals surface area contributed by atoms with Gasteiger partial charge in [-0.25, -0.2) is 9.50 Å². The maximum absolute atomic E-state index is 11.4. The first-order chi connectivity index (χ1) is 15.1. The second-order valence-corrected chi connectivity index (χ2v) is 7.85. The van der Waals surface area contributed by atoms with Crippen LogP contribution in [0, 0.1) is 6.92 Å². The van der Waals surface area contributed by atoms with Crippen molar-refractivity contribution in [3.8, 4) is 22.5 Å². The highest BCUT2D eigenvalue weighted by Gasteiger charge is 2.28. The predicted molar refractivity (Wildman–Crippen MR) is 116 cm³/mol. The fourth-order valence-electron chi connectivity index (χ4n) is 3.95. The summed E-state index contributed by atoms with van der Waals surface area (Å²) in [6.07, 6.45) is 3.47. The molecule has 4 aromatic rings. The van der Waals surface area contributed by atoms with E-state index in [2.05, 4.69) is 46.6 Å². The van der Waals surface area contributed by atoms with Crippen LogP contribution in [-0.2, 0) is 9.53 Å². The summed E-state index contributed by atoms with van der Waals surface area (Å²) in [6, 6.07) is 12.0. The highest BCUT2D eigenvalue weighted by molar-refractivity contribution is 5.88. The molecule has 1 fully saturated rings. The molecule has 0 saturated carbocycles. The molecule has 0 bridgehead atoms. The number of amides is 1. The van der Waals surface area contributed by atoms with Crippen molar-refractivity contribution in [3.05, 3.63) is 53.9 Å². The number of rotatable bonds is 4. The van der Waals surface area contributed by atoms with Gasteiger partial charge in [-0.15, -0.1) is 0 Å². The fraction of sp³-hybridized carbons (Fsp3) is 0.304. The first-order valence-electron chi connectivity index (χ1n) is 10.4. The zero-order chi connectivity index (χ0) is 21.4. The monoisotopic (exact) mass is 417 g/mol. The van der Waals surface area contributed by atoms with E-state index < -0.39 is 0 Å². The average Bonchev–Trinajstić information content (AvgIpc) is 3.37. The number of fused-ring (bicyclic) bond motifs is 1. The van der Waals surface area contributed by atoms with E-state index in [0.717, 1.165) is 41.1 Å². The van der Waals surface area contributed by atoms with Crippen LogP contribution in [0.5, 0.6) is 0 Å².